The van der Waals surface area contributed by atoms with E-state index in [0.29, 0.717) is 16.9 Å². The second kappa shape index (κ2) is 8.35. The van der Waals surface area contributed by atoms with Crippen LogP contribution in [0.4, 0.5) is 17.1 Å². The SMILES string of the molecule is Cc1ccc(NC2=C(c3ccc([N+](=O)[O-])cc3)C(=O)N(c3cccc(C)c3C)C2=O)cc1C. The van der Waals surface area contributed by atoms with Crippen LogP contribution in [0.15, 0.2) is 66.4 Å². The van der Waals surface area contributed by atoms with E-state index in [1.807, 2.05) is 52.0 Å². The van der Waals surface area contributed by atoms with Crippen molar-refractivity contribution >= 4 is 34.4 Å². The molecule has 0 fully saturated rings. The number of non-ortho nitro benzene ring substituents is 1. The molecule has 166 valence electrons. The molecule has 1 heterocycles. The van der Waals surface area contributed by atoms with Crippen molar-refractivity contribution in [1.82, 2.24) is 0 Å². The summed E-state index contributed by atoms with van der Waals surface area (Å²) in [6.07, 6.45) is 0. The maximum Gasteiger partial charge on any atom is 0.282 e. The first kappa shape index (κ1) is 22.0. The van der Waals surface area contributed by atoms with Crippen LogP contribution in [0.3, 0.4) is 0 Å². The van der Waals surface area contributed by atoms with Gasteiger partial charge in [0.2, 0.25) is 0 Å². The molecule has 0 radical (unpaired) electrons. The number of anilines is 2. The third-order valence-corrected chi connectivity index (χ3v) is 6.04. The van der Waals surface area contributed by atoms with Crippen molar-refractivity contribution < 1.29 is 14.5 Å². The first-order valence-electron chi connectivity index (χ1n) is 10.5. The molecule has 33 heavy (non-hydrogen) atoms. The lowest BCUT2D eigenvalue weighted by Crippen LogP contribution is -2.33. The van der Waals surface area contributed by atoms with Gasteiger partial charge in [0.25, 0.3) is 17.5 Å². The lowest BCUT2D eigenvalue weighted by atomic mass is 10.0. The molecule has 3 aromatic carbocycles. The normalized spacial score (nSPS) is 13.6. The maximum atomic E-state index is 13.6. The number of imide groups is 1. The summed E-state index contributed by atoms with van der Waals surface area (Å²) in [5.74, 6) is -0.950. The van der Waals surface area contributed by atoms with Gasteiger partial charge in [-0.05, 0) is 85.8 Å². The largest absolute Gasteiger partial charge is 0.350 e. The highest BCUT2D eigenvalue weighted by molar-refractivity contribution is 6.46. The summed E-state index contributed by atoms with van der Waals surface area (Å²) in [7, 11) is 0. The van der Waals surface area contributed by atoms with E-state index in [1.165, 1.54) is 29.2 Å². The van der Waals surface area contributed by atoms with E-state index in [-0.39, 0.29) is 17.0 Å². The lowest BCUT2D eigenvalue weighted by Gasteiger charge is -2.19. The maximum absolute atomic E-state index is 13.6. The van der Waals surface area contributed by atoms with E-state index in [2.05, 4.69) is 5.32 Å². The van der Waals surface area contributed by atoms with Crippen molar-refractivity contribution in [2.45, 2.75) is 27.7 Å². The van der Waals surface area contributed by atoms with Crippen molar-refractivity contribution in [3.63, 3.8) is 0 Å². The quantitative estimate of drug-likeness (QED) is 0.333. The Hall–Kier alpha value is -4.26. The Kier molecular flexibility index (Phi) is 5.55. The van der Waals surface area contributed by atoms with Crippen molar-refractivity contribution in [2.24, 2.45) is 0 Å². The van der Waals surface area contributed by atoms with E-state index in [1.54, 1.807) is 12.1 Å². The van der Waals surface area contributed by atoms with Gasteiger partial charge in [0, 0.05) is 17.8 Å². The van der Waals surface area contributed by atoms with Gasteiger partial charge in [-0.25, -0.2) is 4.90 Å². The summed E-state index contributed by atoms with van der Waals surface area (Å²) in [6, 6.07) is 16.8. The first-order chi connectivity index (χ1) is 15.7. The van der Waals surface area contributed by atoms with Gasteiger partial charge in [0.05, 0.1) is 16.2 Å². The van der Waals surface area contributed by atoms with Gasteiger partial charge in [-0.15, -0.1) is 0 Å². The van der Waals surface area contributed by atoms with Gasteiger partial charge in [0.1, 0.15) is 5.70 Å². The van der Waals surface area contributed by atoms with Crippen LogP contribution < -0.4 is 10.2 Å². The van der Waals surface area contributed by atoms with Crippen LogP contribution in [0.1, 0.15) is 27.8 Å². The predicted molar refractivity (Wildman–Crippen MR) is 128 cm³/mol. The molecule has 1 aliphatic rings. The van der Waals surface area contributed by atoms with Crippen LogP contribution in [0, 0.1) is 37.8 Å². The minimum atomic E-state index is -0.504. The minimum absolute atomic E-state index is 0.0915. The second-order valence-corrected chi connectivity index (χ2v) is 8.14. The highest BCUT2D eigenvalue weighted by Gasteiger charge is 2.41. The molecule has 0 saturated carbocycles. The van der Waals surface area contributed by atoms with Crippen LogP contribution in [-0.2, 0) is 9.59 Å². The lowest BCUT2D eigenvalue weighted by molar-refractivity contribution is -0.384. The van der Waals surface area contributed by atoms with Crippen LogP contribution in [0.2, 0.25) is 0 Å². The highest BCUT2D eigenvalue weighted by Crippen LogP contribution is 2.36. The van der Waals surface area contributed by atoms with Crippen molar-refractivity contribution in [3.05, 3.63) is 104 Å². The van der Waals surface area contributed by atoms with Gasteiger partial charge >= 0.3 is 0 Å². The van der Waals surface area contributed by atoms with E-state index in [0.717, 1.165) is 22.3 Å². The molecule has 0 spiro atoms. The summed E-state index contributed by atoms with van der Waals surface area (Å²) < 4.78 is 0. The zero-order valence-electron chi connectivity index (χ0n) is 18.8. The Balaban J connectivity index is 1.85. The van der Waals surface area contributed by atoms with Gasteiger partial charge in [-0.1, -0.05) is 18.2 Å². The molecule has 4 rings (SSSR count). The first-order valence-corrected chi connectivity index (χ1v) is 10.5. The smallest absolute Gasteiger partial charge is 0.282 e. The van der Waals surface area contributed by atoms with E-state index >= 15 is 0 Å². The van der Waals surface area contributed by atoms with Crippen LogP contribution >= 0.6 is 0 Å². The fourth-order valence-electron chi connectivity index (χ4n) is 3.82. The summed E-state index contributed by atoms with van der Waals surface area (Å²) in [4.78, 5) is 38.9. The Morgan fingerprint density at radius 2 is 1.52 bits per heavy atom. The van der Waals surface area contributed by atoms with E-state index < -0.39 is 16.7 Å². The second-order valence-electron chi connectivity index (χ2n) is 8.14. The zero-order valence-corrected chi connectivity index (χ0v) is 18.8. The Morgan fingerprint density at radius 3 is 2.15 bits per heavy atom. The van der Waals surface area contributed by atoms with Gasteiger partial charge in [0.15, 0.2) is 0 Å². The molecule has 7 nitrogen and oxygen atoms in total. The molecular formula is C26H23N3O4. The van der Waals surface area contributed by atoms with Crippen molar-refractivity contribution in [3.8, 4) is 0 Å². The number of hydrogen-bond acceptors (Lipinski definition) is 5. The van der Waals surface area contributed by atoms with Crippen LogP contribution in [-0.4, -0.2) is 16.7 Å². The van der Waals surface area contributed by atoms with E-state index in [9.17, 15) is 19.7 Å². The summed E-state index contributed by atoms with van der Waals surface area (Å²) >= 11 is 0. The minimum Gasteiger partial charge on any atom is -0.350 e. The summed E-state index contributed by atoms with van der Waals surface area (Å²) in [6.45, 7) is 7.75. The number of aryl methyl sites for hydroxylation is 3. The fraction of sp³-hybridized carbons (Fsp3) is 0.154. The molecule has 0 aromatic heterocycles. The van der Waals surface area contributed by atoms with Crippen molar-refractivity contribution in [1.29, 1.82) is 0 Å². The monoisotopic (exact) mass is 441 g/mol. The standard InChI is InChI=1S/C26H23N3O4/c1-15-8-11-20(14-17(15)3)27-24-23(19-9-12-21(13-10-19)29(32)33)25(30)28(26(24)31)22-7-5-6-16(2)18(22)4/h5-14,27H,1-4H3. The van der Waals surface area contributed by atoms with E-state index in [4.69, 9.17) is 0 Å². The molecular weight excluding hydrogens is 418 g/mol. The van der Waals surface area contributed by atoms with Gasteiger partial charge in [-0.2, -0.15) is 0 Å². The average Bonchev–Trinajstić information content (AvgIpc) is 3.02. The predicted octanol–water partition coefficient (Wildman–Crippen LogP) is 5.23. The molecule has 0 aliphatic carbocycles. The number of rotatable bonds is 5. The number of benzene rings is 3. The number of carbonyl (C=O) groups excluding carboxylic acids is 2. The number of nitro benzene ring substituents is 1. The topological polar surface area (TPSA) is 92.6 Å². The molecule has 3 aromatic rings. The Morgan fingerprint density at radius 1 is 0.818 bits per heavy atom. The van der Waals surface area contributed by atoms with Gasteiger partial charge in [-0.3, -0.25) is 19.7 Å². The average molecular weight is 441 g/mol. The van der Waals surface area contributed by atoms with Crippen molar-refractivity contribution in [2.75, 3.05) is 10.2 Å². The number of amides is 2. The Bertz CT molecular complexity index is 1340. The van der Waals surface area contributed by atoms with Crippen LogP contribution in [0.5, 0.6) is 0 Å². The molecule has 0 unspecified atom stereocenters. The van der Waals surface area contributed by atoms with Crippen LogP contribution in [0.25, 0.3) is 5.57 Å². The number of nitrogens with zero attached hydrogens (tertiary/aromatic N) is 2. The number of nitro groups is 1. The third kappa shape index (κ3) is 3.89. The molecule has 7 heteroatoms. The zero-order chi connectivity index (χ0) is 23.9. The summed E-state index contributed by atoms with van der Waals surface area (Å²) in [5, 5.41) is 14.2. The highest BCUT2D eigenvalue weighted by atomic mass is 16.6. The summed E-state index contributed by atoms with van der Waals surface area (Å²) in [5.41, 5.74) is 5.78. The van der Waals surface area contributed by atoms with Gasteiger partial charge < -0.3 is 5.32 Å². The molecule has 1 N–H and O–H groups in total. The number of carbonyl (C=O) groups is 2. The Labute approximate surface area is 191 Å². The third-order valence-electron chi connectivity index (χ3n) is 6.04. The number of hydrogen-bond donors (Lipinski definition) is 1. The molecule has 1 aliphatic heterocycles. The number of nitrogens with one attached hydrogen (secondary N) is 1. The molecule has 0 atom stereocenters. The molecule has 2 amide bonds. The molecule has 0 saturated heterocycles. The molecule has 0 bridgehead atoms. The fourth-order valence-corrected chi connectivity index (χ4v) is 3.82.